The van der Waals surface area contributed by atoms with Gasteiger partial charge in [0.15, 0.2) is 0 Å². The van der Waals surface area contributed by atoms with Gasteiger partial charge in [0.2, 0.25) is 0 Å². The molecule has 3 heteroatoms. The molecule has 0 saturated heterocycles. The lowest BCUT2D eigenvalue weighted by atomic mass is 10.0. The van der Waals surface area contributed by atoms with Crippen LogP contribution in [0.5, 0.6) is 5.75 Å². The van der Waals surface area contributed by atoms with E-state index in [-0.39, 0.29) is 6.04 Å². The van der Waals surface area contributed by atoms with Crippen molar-refractivity contribution >= 4 is 0 Å². The van der Waals surface area contributed by atoms with Gasteiger partial charge in [-0.1, -0.05) is 17.7 Å². The first-order valence-electron chi connectivity index (χ1n) is 6.10. The largest absolute Gasteiger partial charge is 0.493 e. The summed E-state index contributed by atoms with van der Waals surface area (Å²) >= 11 is 0. The number of hydrogen-bond acceptors (Lipinski definition) is 3. The van der Waals surface area contributed by atoms with Gasteiger partial charge in [-0.3, -0.25) is 0 Å². The molecule has 96 valence electrons. The number of rotatable bonds is 7. The average molecular weight is 237 g/mol. The number of benzene rings is 1. The number of nitrogens with two attached hydrogens (primary N) is 1. The van der Waals surface area contributed by atoms with E-state index in [0.717, 1.165) is 25.2 Å². The molecule has 1 aromatic carbocycles. The van der Waals surface area contributed by atoms with Crippen molar-refractivity contribution in [1.29, 1.82) is 0 Å². The third-order valence-corrected chi connectivity index (χ3v) is 2.51. The Bertz CT molecular complexity index is 337. The minimum absolute atomic E-state index is 0.151. The number of methoxy groups -OCH3 is 1. The quantitative estimate of drug-likeness (QED) is 0.740. The maximum Gasteiger partial charge on any atom is 0.122 e. The molecule has 0 saturated carbocycles. The normalized spacial score (nSPS) is 12.5. The molecule has 0 spiro atoms. The zero-order valence-corrected chi connectivity index (χ0v) is 11.0. The maximum absolute atomic E-state index is 5.84. The lowest BCUT2D eigenvalue weighted by Gasteiger charge is -2.13. The highest BCUT2D eigenvalue weighted by Crippen LogP contribution is 2.21. The van der Waals surface area contributed by atoms with Gasteiger partial charge in [-0.2, -0.15) is 0 Å². The van der Waals surface area contributed by atoms with Crippen LogP contribution in [0.25, 0.3) is 0 Å². The van der Waals surface area contributed by atoms with E-state index >= 15 is 0 Å². The summed E-state index contributed by atoms with van der Waals surface area (Å²) in [4.78, 5) is 0. The Balaban J connectivity index is 2.62. The molecule has 1 atom stereocenters. The van der Waals surface area contributed by atoms with Crippen LogP contribution < -0.4 is 10.5 Å². The molecule has 0 aromatic heterocycles. The molecule has 0 aliphatic rings. The molecule has 0 radical (unpaired) electrons. The predicted molar refractivity (Wildman–Crippen MR) is 70.5 cm³/mol. The van der Waals surface area contributed by atoms with Crippen LogP contribution in [-0.2, 0) is 11.2 Å². The van der Waals surface area contributed by atoms with Gasteiger partial charge in [0.05, 0.1) is 6.61 Å². The third kappa shape index (κ3) is 5.20. The van der Waals surface area contributed by atoms with Crippen LogP contribution in [0.4, 0.5) is 0 Å². The van der Waals surface area contributed by atoms with Crippen LogP contribution >= 0.6 is 0 Å². The van der Waals surface area contributed by atoms with Crippen molar-refractivity contribution in [2.75, 3.05) is 20.3 Å². The van der Waals surface area contributed by atoms with Gasteiger partial charge < -0.3 is 15.2 Å². The Morgan fingerprint density at radius 1 is 1.29 bits per heavy atom. The molecule has 1 rings (SSSR count). The standard InChI is InChI=1S/C14H23NO2/c1-11-5-6-14(17-8-4-7-16-3)13(9-11)10-12(2)15/h5-6,9,12H,4,7-8,10,15H2,1-3H3. The number of hydrogen-bond donors (Lipinski definition) is 1. The molecule has 2 N–H and O–H groups in total. The van der Waals surface area contributed by atoms with Crippen LogP contribution in [-0.4, -0.2) is 26.4 Å². The Labute approximate surface area is 104 Å². The van der Waals surface area contributed by atoms with E-state index in [0.29, 0.717) is 6.61 Å². The van der Waals surface area contributed by atoms with Gasteiger partial charge in [0, 0.05) is 26.2 Å². The van der Waals surface area contributed by atoms with Crippen molar-refractivity contribution < 1.29 is 9.47 Å². The van der Waals surface area contributed by atoms with E-state index in [2.05, 4.69) is 19.1 Å². The van der Waals surface area contributed by atoms with Gasteiger partial charge >= 0.3 is 0 Å². The van der Waals surface area contributed by atoms with Gasteiger partial charge in [-0.15, -0.1) is 0 Å². The van der Waals surface area contributed by atoms with E-state index in [4.69, 9.17) is 15.2 Å². The second-order valence-corrected chi connectivity index (χ2v) is 4.49. The van der Waals surface area contributed by atoms with E-state index in [1.807, 2.05) is 13.0 Å². The summed E-state index contributed by atoms with van der Waals surface area (Å²) in [6, 6.07) is 6.39. The van der Waals surface area contributed by atoms with Gasteiger partial charge in [-0.05, 0) is 31.9 Å². The van der Waals surface area contributed by atoms with Crippen molar-refractivity contribution in [2.45, 2.75) is 32.7 Å². The molecule has 0 bridgehead atoms. The predicted octanol–water partition coefficient (Wildman–Crippen LogP) is 2.30. The van der Waals surface area contributed by atoms with Crippen LogP contribution in [0.1, 0.15) is 24.5 Å². The summed E-state index contributed by atoms with van der Waals surface area (Å²) < 4.78 is 10.8. The molecule has 0 heterocycles. The zero-order valence-electron chi connectivity index (χ0n) is 11.0. The summed E-state index contributed by atoms with van der Waals surface area (Å²) in [5, 5.41) is 0. The smallest absolute Gasteiger partial charge is 0.122 e. The van der Waals surface area contributed by atoms with E-state index in [1.165, 1.54) is 11.1 Å². The summed E-state index contributed by atoms with van der Waals surface area (Å²) in [7, 11) is 1.70. The molecule has 1 aromatic rings. The lowest BCUT2D eigenvalue weighted by molar-refractivity contribution is 0.171. The van der Waals surface area contributed by atoms with E-state index < -0.39 is 0 Å². The SMILES string of the molecule is COCCCOc1ccc(C)cc1CC(C)N. The molecule has 0 amide bonds. The molecule has 17 heavy (non-hydrogen) atoms. The van der Waals surface area contributed by atoms with Gasteiger partial charge in [-0.25, -0.2) is 0 Å². The first kappa shape index (κ1) is 14.0. The molecule has 0 aliphatic heterocycles. The zero-order chi connectivity index (χ0) is 12.7. The number of aryl methyl sites for hydroxylation is 1. The highest BCUT2D eigenvalue weighted by molar-refractivity contribution is 5.37. The Morgan fingerprint density at radius 2 is 2.06 bits per heavy atom. The first-order valence-corrected chi connectivity index (χ1v) is 6.10. The van der Waals surface area contributed by atoms with Gasteiger partial charge in [0.1, 0.15) is 5.75 Å². The van der Waals surface area contributed by atoms with Gasteiger partial charge in [0.25, 0.3) is 0 Å². The second kappa shape index (κ2) is 7.30. The monoisotopic (exact) mass is 237 g/mol. The summed E-state index contributed by atoms with van der Waals surface area (Å²) in [5.74, 6) is 0.948. The van der Waals surface area contributed by atoms with E-state index in [9.17, 15) is 0 Å². The van der Waals surface area contributed by atoms with Crippen LogP contribution in [0.3, 0.4) is 0 Å². The van der Waals surface area contributed by atoms with Crippen LogP contribution in [0.15, 0.2) is 18.2 Å². The van der Waals surface area contributed by atoms with Crippen molar-refractivity contribution in [2.24, 2.45) is 5.73 Å². The highest BCUT2D eigenvalue weighted by Gasteiger charge is 2.06. The molecule has 1 unspecified atom stereocenters. The third-order valence-electron chi connectivity index (χ3n) is 2.51. The van der Waals surface area contributed by atoms with Crippen molar-refractivity contribution in [3.05, 3.63) is 29.3 Å². The molecule has 0 fully saturated rings. The summed E-state index contributed by atoms with van der Waals surface area (Å²) in [6.45, 7) is 5.51. The Kier molecular flexibility index (Phi) is 6.01. The molecule has 0 aliphatic carbocycles. The fourth-order valence-electron chi connectivity index (χ4n) is 1.74. The average Bonchev–Trinajstić information content (AvgIpc) is 2.26. The van der Waals surface area contributed by atoms with Crippen molar-refractivity contribution in [3.63, 3.8) is 0 Å². The lowest BCUT2D eigenvalue weighted by Crippen LogP contribution is -2.18. The topological polar surface area (TPSA) is 44.5 Å². The van der Waals surface area contributed by atoms with Crippen LogP contribution in [0.2, 0.25) is 0 Å². The fourth-order valence-corrected chi connectivity index (χ4v) is 1.74. The van der Waals surface area contributed by atoms with Crippen LogP contribution in [0, 0.1) is 6.92 Å². The van der Waals surface area contributed by atoms with Crippen molar-refractivity contribution in [3.8, 4) is 5.75 Å². The Morgan fingerprint density at radius 3 is 2.71 bits per heavy atom. The highest BCUT2D eigenvalue weighted by atomic mass is 16.5. The minimum Gasteiger partial charge on any atom is -0.493 e. The fraction of sp³-hybridized carbons (Fsp3) is 0.571. The molecule has 3 nitrogen and oxygen atoms in total. The second-order valence-electron chi connectivity index (χ2n) is 4.49. The maximum atomic E-state index is 5.84. The molecular formula is C14H23NO2. The first-order chi connectivity index (χ1) is 8.13. The summed E-state index contributed by atoms with van der Waals surface area (Å²) in [6.07, 6.45) is 1.75. The van der Waals surface area contributed by atoms with Crippen molar-refractivity contribution in [1.82, 2.24) is 0 Å². The number of ether oxygens (including phenoxy) is 2. The summed E-state index contributed by atoms with van der Waals surface area (Å²) in [5.41, 5.74) is 8.28. The minimum atomic E-state index is 0.151. The Hall–Kier alpha value is -1.06. The van der Waals surface area contributed by atoms with E-state index in [1.54, 1.807) is 7.11 Å². The molecular weight excluding hydrogens is 214 g/mol.